The smallest absolute Gasteiger partial charge is 0.222 e. The van der Waals surface area contributed by atoms with E-state index in [9.17, 15) is 4.79 Å². The van der Waals surface area contributed by atoms with E-state index in [1.54, 1.807) is 14.2 Å². The summed E-state index contributed by atoms with van der Waals surface area (Å²) in [7, 11) is 3.40. The molecule has 1 aliphatic rings. The van der Waals surface area contributed by atoms with Crippen LogP contribution in [0.2, 0.25) is 0 Å². The van der Waals surface area contributed by atoms with Gasteiger partial charge >= 0.3 is 0 Å². The molecule has 2 aromatic rings. The third-order valence-electron chi connectivity index (χ3n) is 6.74. The van der Waals surface area contributed by atoms with Crippen LogP contribution < -0.4 is 9.47 Å². The van der Waals surface area contributed by atoms with Crippen molar-refractivity contribution in [1.82, 2.24) is 4.90 Å². The van der Waals surface area contributed by atoms with Crippen LogP contribution in [0.3, 0.4) is 0 Å². The number of rotatable bonds is 10. The van der Waals surface area contributed by atoms with Gasteiger partial charge < -0.3 is 19.1 Å². The predicted octanol–water partition coefficient (Wildman–Crippen LogP) is 5.82. The van der Waals surface area contributed by atoms with Crippen LogP contribution in [0, 0.1) is 5.92 Å². The van der Waals surface area contributed by atoms with Gasteiger partial charge in [-0.15, -0.1) is 0 Å². The summed E-state index contributed by atoms with van der Waals surface area (Å²) in [6.45, 7) is 8.37. The molecule has 2 aromatic carbocycles. The first-order valence-corrected chi connectivity index (χ1v) is 12.0. The minimum absolute atomic E-state index is 0.134. The molecule has 33 heavy (non-hydrogen) atoms. The van der Waals surface area contributed by atoms with Crippen molar-refractivity contribution in [3.63, 3.8) is 0 Å². The van der Waals surface area contributed by atoms with E-state index in [0.717, 1.165) is 42.9 Å². The average Bonchev–Trinajstić information content (AvgIpc) is 2.83. The first-order valence-electron chi connectivity index (χ1n) is 12.0. The third-order valence-corrected chi connectivity index (χ3v) is 6.74. The maximum atomic E-state index is 12.8. The quantitative estimate of drug-likeness (QED) is 0.455. The zero-order valence-electron chi connectivity index (χ0n) is 20.8. The summed E-state index contributed by atoms with van der Waals surface area (Å²) in [5, 5.41) is 0. The minimum atomic E-state index is -0.134. The lowest BCUT2D eigenvalue weighted by Crippen LogP contribution is -2.38. The van der Waals surface area contributed by atoms with Gasteiger partial charge in [-0.25, -0.2) is 0 Å². The van der Waals surface area contributed by atoms with Crippen LogP contribution in [-0.4, -0.2) is 43.8 Å². The number of ether oxygens (including phenoxy) is 3. The van der Waals surface area contributed by atoms with Gasteiger partial charge in [0, 0.05) is 26.1 Å². The monoisotopic (exact) mass is 453 g/mol. The molecule has 0 aromatic heterocycles. The highest BCUT2D eigenvalue weighted by molar-refractivity contribution is 5.75. The largest absolute Gasteiger partial charge is 0.497 e. The van der Waals surface area contributed by atoms with E-state index < -0.39 is 0 Å². The summed E-state index contributed by atoms with van der Waals surface area (Å²) in [5.41, 5.74) is 2.21. The molecule has 2 atom stereocenters. The van der Waals surface area contributed by atoms with Crippen LogP contribution in [-0.2, 0) is 16.1 Å². The summed E-state index contributed by atoms with van der Waals surface area (Å²) in [6.07, 6.45) is 3.41. The van der Waals surface area contributed by atoms with Crippen molar-refractivity contribution < 1.29 is 19.0 Å². The van der Waals surface area contributed by atoms with Crippen LogP contribution >= 0.6 is 0 Å². The second-order valence-electron chi connectivity index (χ2n) is 9.52. The Labute approximate surface area is 199 Å². The van der Waals surface area contributed by atoms with Crippen LogP contribution in [0.15, 0.2) is 48.5 Å². The van der Waals surface area contributed by atoms with E-state index in [0.29, 0.717) is 31.3 Å². The maximum absolute atomic E-state index is 12.8. The maximum Gasteiger partial charge on any atom is 0.222 e. The number of carbonyl (C=O) groups is 1. The highest BCUT2D eigenvalue weighted by atomic mass is 16.5. The van der Waals surface area contributed by atoms with Gasteiger partial charge in [-0.05, 0) is 74.3 Å². The Balaban J connectivity index is 1.82. The van der Waals surface area contributed by atoms with Gasteiger partial charge in [0.2, 0.25) is 5.91 Å². The van der Waals surface area contributed by atoms with E-state index in [1.807, 2.05) is 48.2 Å². The molecule has 3 rings (SSSR count). The van der Waals surface area contributed by atoms with Crippen molar-refractivity contribution in [2.24, 2.45) is 5.92 Å². The molecule has 1 fully saturated rings. The van der Waals surface area contributed by atoms with E-state index in [-0.39, 0.29) is 11.5 Å². The van der Waals surface area contributed by atoms with Gasteiger partial charge in [-0.1, -0.05) is 37.3 Å². The summed E-state index contributed by atoms with van der Waals surface area (Å²) >= 11 is 0. The van der Waals surface area contributed by atoms with Crippen LogP contribution in [0.25, 0.3) is 0 Å². The lowest BCUT2D eigenvalue weighted by Gasteiger charge is -2.40. The molecule has 1 amide bonds. The molecule has 5 nitrogen and oxygen atoms in total. The lowest BCUT2D eigenvalue weighted by atomic mass is 9.75. The summed E-state index contributed by atoms with van der Waals surface area (Å²) in [4.78, 5) is 14.8. The van der Waals surface area contributed by atoms with Gasteiger partial charge in [0.25, 0.3) is 0 Å². The number of hydrogen-bond donors (Lipinski definition) is 0. The van der Waals surface area contributed by atoms with Crippen molar-refractivity contribution in [3.05, 3.63) is 59.7 Å². The number of methoxy groups -OCH3 is 2. The number of para-hydroxylation sites is 1. The molecule has 0 saturated carbocycles. The normalized spacial score (nSPS) is 18.4. The summed E-state index contributed by atoms with van der Waals surface area (Å²) in [5.74, 6) is 2.70. The average molecular weight is 454 g/mol. The van der Waals surface area contributed by atoms with E-state index in [4.69, 9.17) is 14.2 Å². The molecule has 0 bridgehead atoms. The van der Waals surface area contributed by atoms with Crippen LogP contribution in [0.4, 0.5) is 0 Å². The SMILES string of the molecule is CCC(=O)N(CC[C@H](c1ccccc1OC)[C@@H]1CCOC(C)(C)C1)Cc1ccc(OC)cc1. The van der Waals surface area contributed by atoms with E-state index in [2.05, 4.69) is 26.0 Å². The van der Waals surface area contributed by atoms with E-state index >= 15 is 0 Å². The lowest BCUT2D eigenvalue weighted by molar-refractivity contribution is -0.131. The third kappa shape index (κ3) is 6.73. The summed E-state index contributed by atoms with van der Waals surface area (Å²) < 4.78 is 17.0. The van der Waals surface area contributed by atoms with Gasteiger partial charge in [0.1, 0.15) is 11.5 Å². The molecule has 1 saturated heterocycles. The molecule has 180 valence electrons. The number of hydrogen-bond acceptors (Lipinski definition) is 4. The Bertz CT molecular complexity index is 893. The molecule has 0 N–H and O–H groups in total. The Morgan fingerprint density at radius 3 is 2.48 bits per heavy atom. The Morgan fingerprint density at radius 2 is 1.85 bits per heavy atom. The van der Waals surface area contributed by atoms with Crippen molar-refractivity contribution >= 4 is 5.91 Å². The fourth-order valence-electron chi connectivity index (χ4n) is 5.00. The Morgan fingerprint density at radius 1 is 1.12 bits per heavy atom. The zero-order chi connectivity index (χ0) is 23.8. The fraction of sp³-hybridized carbons (Fsp3) is 0.536. The zero-order valence-corrected chi connectivity index (χ0v) is 20.8. The molecule has 1 aliphatic heterocycles. The Hall–Kier alpha value is -2.53. The number of carbonyl (C=O) groups excluding carboxylic acids is 1. The van der Waals surface area contributed by atoms with Crippen LogP contribution in [0.1, 0.15) is 63.5 Å². The molecule has 5 heteroatoms. The van der Waals surface area contributed by atoms with Gasteiger partial charge in [0.05, 0.1) is 19.8 Å². The Kier molecular flexibility index (Phi) is 8.79. The molecule has 1 heterocycles. The van der Waals surface area contributed by atoms with Gasteiger partial charge in [-0.3, -0.25) is 4.79 Å². The van der Waals surface area contributed by atoms with E-state index in [1.165, 1.54) is 5.56 Å². The topological polar surface area (TPSA) is 48.0 Å². The van der Waals surface area contributed by atoms with Crippen molar-refractivity contribution in [2.75, 3.05) is 27.4 Å². The second-order valence-corrected chi connectivity index (χ2v) is 9.52. The molecular formula is C28H39NO4. The predicted molar refractivity (Wildman–Crippen MR) is 132 cm³/mol. The number of nitrogens with zero attached hydrogens (tertiary/aromatic N) is 1. The standard InChI is InChI=1S/C28H39NO4/c1-6-27(30)29(20-21-11-13-23(31-4)14-12-21)17-15-24(22-16-18-33-28(2,3)19-22)25-9-7-8-10-26(25)32-5/h7-14,22,24H,6,15-20H2,1-5H3/t22-,24+/m1/s1. The van der Waals surface area contributed by atoms with Crippen LogP contribution in [0.5, 0.6) is 11.5 Å². The molecule has 0 radical (unpaired) electrons. The first kappa shape index (κ1) is 25.1. The van der Waals surface area contributed by atoms with Crippen molar-refractivity contribution in [2.45, 2.75) is 64.5 Å². The second kappa shape index (κ2) is 11.6. The number of benzene rings is 2. The molecule has 0 spiro atoms. The molecule has 0 unspecified atom stereocenters. The van der Waals surface area contributed by atoms with Gasteiger partial charge in [-0.2, -0.15) is 0 Å². The highest BCUT2D eigenvalue weighted by Crippen LogP contribution is 2.42. The minimum Gasteiger partial charge on any atom is -0.497 e. The van der Waals surface area contributed by atoms with Crippen molar-refractivity contribution in [1.29, 1.82) is 0 Å². The van der Waals surface area contributed by atoms with Gasteiger partial charge in [0.15, 0.2) is 0 Å². The number of amides is 1. The summed E-state index contributed by atoms with van der Waals surface area (Å²) in [6, 6.07) is 16.3. The van der Waals surface area contributed by atoms with Crippen molar-refractivity contribution in [3.8, 4) is 11.5 Å². The fourth-order valence-corrected chi connectivity index (χ4v) is 5.00. The first-order chi connectivity index (χ1) is 15.9. The molecular weight excluding hydrogens is 414 g/mol. The molecule has 0 aliphatic carbocycles. The highest BCUT2D eigenvalue weighted by Gasteiger charge is 2.35.